The molecule has 2 aromatic heterocycles. The second kappa shape index (κ2) is 7.13. The Kier molecular flexibility index (Phi) is 4.65. The minimum absolute atomic E-state index is 0.0444. The normalized spacial score (nSPS) is 17.7. The van der Waals surface area contributed by atoms with E-state index in [4.69, 9.17) is 0 Å². The number of phenolic OH excluding ortho intramolecular Hbond substituents is 1. The first-order chi connectivity index (χ1) is 13.4. The van der Waals surface area contributed by atoms with Gasteiger partial charge in [-0.2, -0.15) is 15.0 Å². The number of benzene rings is 1. The van der Waals surface area contributed by atoms with Gasteiger partial charge in [-0.3, -0.25) is 0 Å². The molecular weight excluding hydrogens is 360 g/mol. The number of aromatic nitrogens is 6. The molecule has 0 spiro atoms. The van der Waals surface area contributed by atoms with Gasteiger partial charge < -0.3 is 20.4 Å². The smallest absolute Gasteiger partial charge is 0.245 e. The van der Waals surface area contributed by atoms with Crippen molar-refractivity contribution >= 4 is 5.95 Å². The number of aliphatic hydroxyl groups is 1. The average Bonchev–Trinajstić information content (AvgIpc) is 3.22. The molecular formula is C18H22N8O2. The van der Waals surface area contributed by atoms with Crippen molar-refractivity contribution in [2.24, 2.45) is 0 Å². The summed E-state index contributed by atoms with van der Waals surface area (Å²) in [6, 6.07) is 5.00. The van der Waals surface area contributed by atoms with Crippen LogP contribution in [0.25, 0.3) is 16.9 Å². The first-order valence-electron chi connectivity index (χ1n) is 9.02. The zero-order valence-corrected chi connectivity index (χ0v) is 15.7. The number of phenols is 1. The van der Waals surface area contributed by atoms with Crippen LogP contribution in [0.5, 0.6) is 5.75 Å². The molecule has 3 N–H and O–H groups in total. The van der Waals surface area contributed by atoms with Crippen LogP contribution in [0.3, 0.4) is 0 Å². The van der Waals surface area contributed by atoms with Gasteiger partial charge in [-0.05, 0) is 26.0 Å². The summed E-state index contributed by atoms with van der Waals surface area (Å²) < 4.78 is 0. The summed E-state index contributed by atoms with van der Waals surface area (Å²) in [7, 11) is 0. The molecule has 0 radical (unpaired) electrons. The second-order valence-corrected chi connectivity index (χ2v) is 7.27. The minimum Gasteiger partial charge on any atom is -0.507 e. The van der Waals surface area contributed by atoms with Crippen LogP contribution >= 0.6 is 0 Å². The summed E-state index contributed by atoms with van der Waals surface area (Å²) in [5, 5.41) is 40.5. The van der Waals surface area contributed by atoms with Crippen LogP contribution in [-0.4, -0.2) is 71.7 Å². The van der Waals surface area contributed by atoms with Gasteiger partial charge in [0.25, 0.3) is 0 Å². The van der Waals surface area contributed by atoms with Gasteiger partial charge >= 0.3 is 0 Å². The van der Waals surface area contributed by atoms with Crippen LogP contribution in [0, 0.1) is 0 Å². The van der Waals surface area contributed by atoms with Crippen molar-refractivity contribution in [3.05, 3.63) is 36.8 Å². The molecule has 1 fully saturated rings. The van der Waals surface area contributed by atoms with Gasteiger partial charge in [0.15, 0.2) is 0 Å². The van der Waals surface area contributed by atoms with Crippen molar-refractivity contribution in [1.82, 2.24) is 35.5 Å². The second-order valence-electron chi connectivity index (χ2n) is 7.27. The maximum Gasteiger partial charge on any atom is 0.245 e. The van der Waals surface area contributed by atoms with E-state index >= 15 is 0 Å². The van der Waals surface area contributed by atoms with E-state index in [2.05, 4.69) is 30.7 Å². The van der Waals surface area contributed by atoms with Crippen molar-refractivity contribution in [2.75, 3.05) is 24.5 Å². The number of nitrogens with zero attached hydrogens (tertiary/aromatic N) is 7. The molecule has 0 bridgehead atoms. The molecule has 3 heterocycles. The fourth-order valence-electron chi connectivity index (χ4n) is 3.15. The van der Waals surface area contributed by atoms with Gasteiger partial charge in [0.2, 0.25) is 5.95 Å². The fourth-order valence-corrected chi connectivity index (χ4v) is 3.15. The highest BCUT2D eigenvalue weighted by Gasteiger charge is 2.32. The van der Waals surface area contributed by atoms with Crippen molar-refractivity contribution in [3.8, 4) is 22.7 Å². The Balaban J connectivity index is 1.53. The van der Waals surface area contributed by atoms with E-state index in [-0.39, 0.29) is 11.8 Å². The summed E-state index contributed by atoms with van der Waals surface area (Å²) in [5.74, 6) is 0.541. The highest BCUT2D eigenvalue weighted by molar-refractivity contribution is 5.67. The third-order valence-corrected chi connectivity index (χ3v) is 4.77. The molecule has 0 saturated carbocycles. The molecule has 10 nitrogen and oxygen atoms in total. The third-order valence-electron chi connectivity index (χ3n) is 4.77. The van der Waals surface area contributed by atoms with Crippen molar-refractivity contribution < 1.29 is 10.2 Å². The highest BCUT2D eigenvalue weighted by Crippen LogP contribution is 2.29. The number of piperazine rings is 1. The van der Waals surface area contributed by atoms with E-state index in [1.807, 2.05) is 4.90 Å². The van der Waals surface area contributed by atoms with Crippen LogP contribution in [0.1, 0.15) is 13.8 Å². The summed E-state index contributed by atoms with van der Waals surface area (Å²) >= 11 is 0. The van der Waals surface area contributed by atoms with Crippen LogP contribution in [0.4, 0.5) is 5.95 Å². The lowest BCUT2D eigenvalue weighted by atomic mass is 9.97. The Labute approximate surface area is 161 Å². The first-order valence-corrected chi connectivity index (χ1v) is 9.02. The number of hydrogen-bond acceptors (Lipinski definition) is 9. The molecule has 0 amide bonds. The van der Waals surface area contributed by atoms with Crippen molar-refractivity contribution in [2.45, 2.75) is 25.5 Å². The van der Waals surface area contributed by atoms with Gasteiger partial charge in [-0.25, -0.2) is 4.98 Å². The molecule has 1 unspecified atom stereocenters. The summed E-state index contributed by atoms with van der Waals surface area (Å²) in [6.07, 6.45) is 4.72. The topological polar surface area (TPSA) is 125 Å². The van der Waals surface area contributed by atoms with E-state index in [9.17, 15) is 10.2 Å². The van der Waals surface area contributed by atoms with Crippen LogP contribution < -0.4 is 10.2 Å². The zero-order valence-electron chi connectivity index (χ0n) is 15.7. The maximum atomic E-state index is 10.4. The standard InChI is InChI=1S/C18H22N8O2/c1-18(2,28)16-11-25(8-7-19-16)17-20-10-14(23-24-17)13-4-3-12(9-15(13)27)26-21-5-6-22-26/h3-6,9-10,16,19,27-28H,7-8,11H2,1-2H3. The molecule has 4 rings (SSSR count). The van der Waals surface area contributed by atoms with Crippen molar-refractivity contribution in [3.63, 3.8) is 0 Å². The Morgan fingerprint density at radius 1 is 1.18 bits per heavy atom. The molecule has 28 heavy (non-hydrogen) atoms. The molecule has 1 aliphatic rings. The van der Waals surface area contributed by atoms with Gasteiger partial charge in [0.05, 0.1) is 35.9 Å². The number of aromatic hydroxyl groups is 1. The SMILES string of the molecule is CC(C)(O)C1CN(c2ncc(-c3ccc(-n4nccn4)cc3O)nn2)CCN1. The molecule has 0 aliphatic carbocycles. The number of rotatable bonds is 4. The largest absolute Gasteiger partial charge is 0.507 e. The number of anilines is 1. The van der Waals surface area contributed by atoms with E-state index in [0.29, 0.717) is 29.4 Å². The van der Waals surface area contributed by atoms with Crippen LogP contribution in [0.15, 0.2) is 36.8 Å². The van der Waals surface area contributed by atoms with Gasteiger partial charge in [0, 0.05) is 31.3 Å². The minimum atomic E-state index is -0.844. The Bertz CT molecular complexity index is 937. The Hall–Kier alpha value is -3.11. The highest BCUT2D eigenvalue weighted by atomic mass is 16.3. The lowest BCUT2D eigenvalue weighted by Crippen LogP contribution is -2.59. The van der Waals surface area contributed by atoms with E-state index < -0.39 is 5.60 Å². The molecule has 1 saturated heterocycles. The average molecular weight is 382 g/mol. The van der Waals surface area contributed by atoms with Crippen molar-refractivity contribution in [1.29, 1.82) is 0 Å². The Morgan fingerprint density at radius 3 is 2.61 bits per heavy atom. The van der Waals surface area contributed by atoms with Crippen LogP contribution in [-0.2, 0) is 0 Å². The Morgan fingerprint density at radius 2 is 1.96 bits per heavy atom. The summed E-state index contributed by atoms with van der Waals surface area (Å²) in [5.41, 5.74) is 0.790. The van der Waals surface area contributed by atoms with E-state index in [0.717, 1.165) is 13.1 Å². The molecule has 1 aliphatic heterocycles. The molecule has 1 aromatic carbocycles. The number of nitrogens with one attached hydrogen (secondary N) is 1. The van der Waals surface area contributed by atoms with Gasteiger partial charge in [0.1, 0.15) is 11.4 Å². The monoisotopic (exact) mass is 382 g/mol. The molecule has 10 heteroatoms. The molecule has 3 aromatic rings. The maximum absolute atomic E-state index is 10.4. The third kappa shape index (κ3) is 3.64. The lowest BCUT2D eigenvalue weighted by molar-refractivity contribution is 0.0362. The fraction of sp³-hybridized carbons (Fsp3) is 0.389. The number of hydrogen-bond donors (Lipinski definition) is 3. The zero-order chi connectivity index (χ0) is 19.7. The molecule has 1 atom stereocenters. The molecule has 146 valence electrons. The summed E-state index contributed by atoms with van der Waals surface area (Å²) in [4.78, 5) is 7.82. The van der Waals surface area contributed by atoms with E-state index in [1.54, 1.807) is 50.6 Å². The van der Waals surface area contributed by atoms with Crippen LogP contribution in [0.2, 0.25) is 0 Å². The first kappa shape index (κ1) is 18.3. The quantitative estimate of drug-likeness (QED) is 0.587. The predicted molar refractivity (Wildman–Crippen MR) is 102 cm³/mol. The lowest BCUT2D eigenvalue weighted by Gasteiger charge is -2.39. The van der Waals surface area contributed by atoms with Gasteiger partial charge in [-0.1, -0.05) is 0 Å². The van der Waals surface area contributed by atoms with E-state index in [1.165, 1.54) is 4.80 Å². The van der Waals surface area contributed by atoms with Gasteiger partial charge in [-0.15, -0.1) is 10.2 Å². The predicted octanol–water partition coefficient (Wildman–Crippen LogP) is 0.374. The summed E-state index contributed by atoms with van der Waals surface area (Å²) in [6.45, 7) is 5.60.